The van der Waals surface area contributed by atoms with Gasteiger partial charge in [-0.1, -0.05) is 25.4 Å². The van der Waals surface area contributed by atoms with Crippen molar-refractivity contribution < 1.29 is 0 Å². The summed E-state index contributed by atoms with van der Waals surface area (Å²) >= 11 is 6.02. The summed E-state index contributed by atoms with van der Waals surface area (Å²) in [6.07, 6.45) is 0. The summed E-state index contributed by atoms with van der Waals surface area (Å²) in [4.78, 5) is 0. The zero-order valence-electron chi connectivity index (χ0n) is 10.0. The first-order valence-electron chi connectivity index (χ1n) is 5.09. The van der Waals surface area contributed by atoms with E-state index < -0.39 is 0 Å². The molecule has 0 radical (unpaired) electrons. The van der Waals surface area contributed by atoms with Crippen LogP contribution >= 0.6 is 11.6 Å². The average Bonchev–Trinajstić information content (AvgIpc) is 2.19. The molecule has 0 aliphatic heterocycles. The van der Waals surface area contributed by atoms with Gasteiger partial charge in [-0.3, -0.25) is 0 Å². The van der Waals surface area contributed by atoms with E-state index in [9.17, 15) is 0 Å². The van der Waals surface area contributed by atoms with Crippen LogP contribution in [0.3, 0.4) is 0 Å². The number of anilines is 1. The largest absolute Gasteiger partial charge is 0.386 e. The highest BCUT2D eigenvalue weighted by molar-refractivity contribution is 6.34. The van der Waals surface area contributed by atoms with Crippen molar-refractivity contribution in [1.82, 2.24) is 0 Å². The summed E-state index contributed by atoms with van der Waals surface area (Å²) in [6.45, 7) is 7.73. The van der Waals surface area contributed by atoms with Gasteiger partial charge in [0, 0.05) is 18.3 Å². The van der Waals surface area contributed by atoms with Gasteiger partial charge in [0.2, 0.25) is 0 Å². The van der Waals surface area contributed by atoms with E-state index in [1.807, 2.05) is 40.0 Å². The van der Waals surface area contributed by atoms with Crippen molar-refractivity contribution in [3.05, 3.63) is 28.3 Å². The molecule has 0 fully saturated rings. The van der Waals surface area contributed by atoms with E-state index in [-0.39, 0.29) is 0 Å². The molecule has 0 aliphatic rings. The Labute approximate surface area is 97.2 Å². The quantitative estimate of drug-likeness (QED) is 0.732. The third-order valence-electron chi connectivity index (χ3n) is 1.89. The number of hydrogen-bond donors (Lipinski definition) is 2. The Kier molecular flexibility index (Phi) is 6.02. The summed E-state index contributed by atoms with van der Waals surface area (Å²) in [5.74, 6) is 0. The predicted molar refractivity (Wildman–Crippen MR) is 69.6 cm³/mol. The number of nitrogens with one attached hydrogen (secondary N) is 2. The van der Waals surface area contributed by atoms with Gasteiger partial charge in [-0.15, -0.1) is 0 Å². The third kappa shape index (κ3) is 3.56. The SMILES string of the molecule is CC.CNc1c(Cl)cc(C)cc1C(C)=N. The third-order valence-corrected chi connectivity index (χ3v) is 2.19. The minimum Gasteiger partial charge on any atom is -0.386 e. The van der Waals surface area contributed by atoms with Crippen LogP contribution in [0.1, 0.15) is 31.9 Å². The van der Waals surface area contributed by atoms with E-state index >= 15 is 0 Å². The van der Waals surface area contributed by atoms with E-state index in [2.05, 4.69) is 5.32 Å². The molecule has 0 unspecified atom stereocenters. The van der Waals surface area contributed by atoms with Crippen LogP contribution in [0.2, 0.25) is 5.02 Å². The molecule has 15 heavy (non-hydrogen) atoms. The zero-order chi connectivity index (χ0) is 12.0. The number of benzene rings is 1. The summed E-state index contributed by atoms with van der Waals surface area (Å²) in [5, 5.41) is 11.2. The van der Waals surface area contributed by atoms with Crippen molar-refractivity contribution in [3.8, 4) is 0 Å². The molecular weight excluding hydrogens is 208 g/mol. The predicted octanol–water partition coefficient (Wildman–Crippen LogP) is 4.10. The molecule has 1 aromatic carbocycles. The number of halogens is 1. The standard InChI is InChI=1S/C10H13ClN2.C2H6/c1-6-4-8(7(2)12)10(13-3)9(11)5-6;1-2/h4-5,12-13H,1-3H3;1-2H3. The smallest absolute Gasteiger partial charge is 0.0646 e. The fraction of sp³-hybridized carbons (Fsp3) is 0.417. The molecule has 0 spiro atoms. The van der Waals surface area contributed by atoms with Crippen LogP contribution in [0.25, 0.3) is 0 Å². The molecule has 0 bridgehead atoms. The molecule has 3 heteroatoms. The van der Waals surface area contributed by atoms with Crippen LogP contribution in [0.5, 0.6) is 0 Å². The van der Waals surface area contributed by atoms with Crippen LogP contribution in [0.15, 0.2) is 12.1 Å². The lowest BCUT2D eigenvalue weighted by Crippen LogP contribution is -2.01. The summed E-state index contributed by atoms with van der Waals surface area (Å²) in [6, 6.07) is 3.85. The van der Waals surface area contributed by atoms with Crippen LogP contribution in [0, 0.1) is 12.3 Å². The van der Waals surface area contributed by atoms with Crippen LogP contribution in [0.4, 0.5) is 5.69 Å². The normalized spacial score (nSPS) is 8.93. The molecule has 0 heterocycles. The van der Waals surface area contributed by atoms with Gasteiger partial charge in [0.15, 0.2) is 0 Å². The Hall–Kier alpha value is -1.02. The van der Waals surface area contributed by atoms with E-state index in [0.717, 1.165) is 16.8 Å². The molecular formula is C12H19ClN2. The van der Waals surface area contributed by atoms with Crippen molar-refractivity contribution in [2.45, 2.75) is 27.7 Å². The fourth-order valence-electron chi connectivity index (χ4n) is 1.29. The molecule has 2 nitrogen and oxygen atoms in total. The Balaban J connectivity index is 0.000000921. The van der Waals surface area contributed by atoms with Crippen molar-refractivity contribution in [2.24, 2.45) is 0 Å². The second kappa shape index (κ2) is 6.46. The minimum atomic E-state index is 0.523. The highest BCUT2D eigenvalue weighted by atomic mass is 35.5. The topological polar surface area (TPSA) is 35.9 Å². The molecule has 0 atom stereocenters. The van der Waals surface area contributed by atoms with Crippen molar-refractivity contribution in [1.29, 1.82) is 5.41 Å². The highest BCUT2D eigenvalue weighted by Crippen LogP contribution is 2.27. The second-order valence-electron chi connectivity index (χ2n) is 3.04. The monoisotopic (exact) mass is 226 g/mol. The van der Waals surface area contributed by atoms with Crippen molar-refractivity contribution in [3.63, 3.8) is 0 Å². The molecule has 0 saturated carbocycles. The minimum absolute atomic E-state index is 0.523. The number of hydrogen-bond acceptors (Lipinski definition) is 2. The van der Waals surface area contributed by atoms with Gasteiger partial charge >= 0.3 is 0 Å². The van der Waals surface area contributed by atoms with E-state index in [4.69, 9.17) is 17.0 Å². The van der Waals surface area contributed by atoms with Gasteiger partial charge in [0.05, 0.1) is 10.7 Å². The second-order valence-corrected chi connectivity index (χ2v) is 3.45. The summed E-state index contributed by atoms with van der Waals surface area (Å²) in [7, 11) is 1.81. The van der Waals surface area contributed by atoms with Gasteiger partial charge in [0.25, 0.3) is 0 Å². The highest BCUT2D eigenvalue weighted by Gasteiger charge is 2.07. The Bertz CT molecular complexity index is 346. The molecule has 0 amide bonds. The number of aryl methyl sites for hydroxylation is 1. The maximum atomic E-state index is 7.57. The van der Waals surface area contributed by atoms with Gasteiger partial charge in [-0.05, 0) is 31.5 Å². The van der Waals surface area contributed by atoms with Gasteiger partial charge in [-0.25, -0.2) is 0 Å². The number of rotatable bonds is 2. The Morgan fingerprint density at radius 2 is 1.87 bits per heavy atom. The van der Waals surface area contributed by atoms with Crippen LogP contribution in [-0.2, 0) is 0 Å². The summed E-state index contributed by atoms with van der Waals surface area (Å²) < 4.78 is 0. The van der Waals surface area contributed by atoms with Crippen molar-refractivity contribution >= 4 is 23.0 Å². The molecule has 0 aromatic heterocycles. The molecule has 2 N–H and O–H groups in total. The molecule has 1 aromatic rings. The maximum absolute atomic E-state index is 7.57. The fourth-order valence-corrected chi connectivity index (χ4v) is 1.66. The Morgan fingerprint density at radius 1 is 1.33 bits per heavy atom. The van der Waals surface area contributed by atoms with Crippen molar-refractivity contribution in [2.75, 3.05) is 12.4 Å². The zero-order valence-corrected chi connectivity index (χ0v) is 10.8. The molecule has 1 rings (SSSR count). The maximum Gasteiger partial charge on any atom is 0.0646 e. The summed E-state index contributed by atoms with van der Waals surface area (Å²) in [5.41, 5.74) is 3.30. The lowest BCUT2D eigenvalue weighted by Gasteiger charge is -2.10. The Morgan fingerprint density at radius 3 is 2.27 bits per heavy atom. The van der Waals surface area contributed by atoms with E-state index in [1.165, 1.54) is 0 Å². The van der Waals surface area contributed by atoms with Gasteiger partial charge in [-0.2, -0.15) is 0 Å². The van der Waals surface area contributed by atoms with Gasteiger partial charge < -0.3 is 10.7 Å². The lowest BCUT2D eigenvalue weighted by molar-refractivity contribution is 1.38. The lowest BCUT2D eigenvalue weighted by atomic mass is 10.1. The van der Waals surface area contributed by atoms with Crippen LogP contribution in [-0.4, -0.2) is 12.8 Å². The molecule has 0 aliphatic carbocycles. The van der Waals surface area contributed by atoms with Gasteiger partial charge in [0.1, 0.15) is 0 Å². The molecule has 0 saturated heterocycles. The van der Waals surface area contributed by atoms with E-state index in [0.29, 0.717) is 10.7 Å². The average molecular weight is 227 g/mol. The first kappa shape index (κ1) is 14.0. The first-order chi connectivity index (χ1) is 7.06. The van der Waals surface area contributed by atoms with E-state index in [1.54, 1.807) is 6.92 Å². The first-order valence-corrected chi connectivity index (χ1v) is 5.47. The molecule has 84 valence electrons. The van der Waals surface area contributed by atoms with Crippen LogP contribution < -0.4 is 5.32 Å².